The fourth-order valence-corrected chi connectivity index (χ4v) is 2.38. The lowest BCUT2D eigenvalue weighted by atomic mass is 10.0. The summed E-state index contributed by atoms with van der Waals surface area (Å²) < 4.78 is 5.57. The number of nitrogens with one attached hydrogen (secondary N) is 1. The topological polar surface area (TPSA) is 21.3 Å². The zero-order chi connectivity index (χ0) is 11.8. The molecule has 3 unspecified atom stereocenters. The molecule has 0 spiro atoms. The first-order valence-corrected chi connectivity index (χ1v) is 7.09. The highest BCUT2D eigenvalue weighted by molar-refractivity contribution is 4.75. The van der Waals surface area contributed by atoms with Crippen LogP contribution in [0.1, 0.15) is 59.3 Å². The summed E-state index contributed by atoms with van der Waals surface area (Å²) in [6.07, 6.45) is 8.50. The van der Waals surface area contributed by atoms with Gasteiger partial charge in [-0.25, -0.2) is 0 Å². The second-order valence-corrected chi connectivity index (χ2v) is 5.28. The summed E-state index contributed by atoms with van der Waals surface area (Å²) in [7, 11) is 0. The van der Waals surface area contributed by atoms with Crippen LogP contribution in [0.4, 0.5) is 0 Å². The number of ether oxygens (including phenoxy) is 1. The molecular weight excluding hydrogens is 198 g/mol. The van der Waals surface area contributed by atoms with Crippen molar-refractivity contribution in [2.75, 3.05) is 13.2 Å². The van der Waals surface area contributed by atoms with Crippen LogP contribution >= 0.6 is 0 Å². The van der Waals surface area contributed by atoms with E-state index in [1.807, 2.05) is 0 Å². The Morgan fingerprint density at radius 3 is 2.75 bits per heavy atom. The van der Waals surface area contributed by atoms with Crippen molar-refractivity contribution in [2.24, 2.45) is 5.92 Å². The van der Waals surface area contributed by atoms with Crippen LogP contribution in [0.3, 0.4) is 0 Å². The first-order valence-electron chi connectivity index (χ1n) is 7.09. The number of rotatable bonds is 8. The van der Waals surface area contributed by atoms with Gasteiger partial charge in [0.25, 0.3) is 0 Å². The van der Waals surface area contributed by atoms with Gasteiger partial charge in [0.1, 0.15) is 0 Å². The van der Waals surface area contributed by atoms with Crippen molar-refractivity contribution in [2.45, 2.75) is 71.4 Å². The highest BCUT2D eigenvalue weighted by atomic mass is 16.5. The lowest BCUT2D eigenvalue weighted by Crippen LogP contribution is -2.33. The average Bonchev–Trinajstić information content (AvgIpc) is 2.67. The lowest BCUT2D eigenvalue weighted by molar-refractivity contribution is 0.105. The van der Waals surface area contributed by atoms with Crippen LogP contribution in [0.25, 0.3) is 0 Å². The van der Waals surface area contributed by atoms with Crippen LogP contribution in [0.2, 0.25) is 0 Å². The van der Waals surface area contributed by atoms with Gasteiger partial charge in [-0.2, -0.15) is 0 Å². The third kappa shape index (κ3) is 5.31. The fraction of sp³-hybridized carbons (Fsp3) is 1.00. The van der Waals surface area contributed by atoms with Gasteiger partial charge in [0.05, 0.1) is 6.10 Å². The van der Waals surface area contributed by atoms with Gasteiger partial charge in [-0.3, -0.25) is 0 Å². The van der Waals surface area contributed by atoms with Crippen molar-refractivity contribution >= 4 is 0 Å². The van der Waals surface area contributed by atoms with Crippen LogP contribution in [0.5, 0.6) is 0 Å². The largest absolute Gasteiger partial charge is 0.378 e. The molecule has 0 radical (unpaired) electrons. The minimum absolute atomic E-state index is 0.458. The summed E-state index contributed by atoms with van der Waals surface area (Å²) in [5.74, 6) is 0.734. The average molecular weight is 227 g/mol. The van der Waals surface area contributed by atoms with Gasteiger partial charge in [0.15, 0.2) is 0 Å². The molecule has 1 rings (SSSR count). The van der Waals surface area contributed by atoms with Gasteiger partial charge >= 0.3 is 0 Å². The van der Waals surface area contributed by atoms with E-state index in [-0.39, 0.29) is 0 Å². The molecule has 1 aliphatic heterocycles. The van der Waals surface area contributed by atoms with Crippen molar-refractivity contribution in [3.8, 4) is 0 Å². The zero-order valence-corrected chi connectivity index (χ0v) is 11.3. The Hall–Kier alpha value is -0.0800. The van der Waals surface area contributed by atoms with E-state index >= 15 is 0 Å². The van der Waals surface area contributed by atoms with Crippen molar-refractivity contribution < 1.29 is 4.74 Å². The molecule has 0 aliphatic carbocycles. The standard InChI is InChI=1S/C14H29NO/c1-4-5-6-7-8-12(2)15-11-14-9-10-16-13(14)3/h12-15H,4-11H2,1-3H3. The predicted octanol–water partition coefficient (Wildman–Crippen LogP) is 3.36. The summed E-state index contributed by atoms with van der Waals surface area (Å²) in [5, 5.41) is 3.65. The highest BCUT2D eigenvalue weighted by Crippen LogP contribution is 2.19. The SMILES string of the molecule is CCCCCCC(C)NCC1CCOC1C. The van der Waals surface area contributed by atoms with E-state index in [1.54, 1.807) is 0 Å². The molecule has 16 heavy (non-hydrogen) atoms. The van der Waals surface area contributed by atoms with Gasteiger partial charge in [0.2, 0.25) is 0 Å². The molecule has 1 fully saturated rings. The monoisotopic (exact) mass is 227 g/mol. The summed E-state index contributed by atoms with van der Waals surface area (Å²) in [6.45, 7) is 8.87. The van der Waals surface area contributed by atoms with Crippen molar-refractivity contribution in [1.29, 1.82) is 0 Å². The number of unbranched alkanes of at least 4 members (excludes halogenated alkanes) is 3. The van der Waals surface area contributed by atoms with E-state index < -0.39 is 0 Å². The Balaban J connectivity index is 1.99. The molecular formula is C14H29NO. The van der Waals surface area contributed by atoms with E-state index in [2.05, 4.69) is 26.1 Å². The smallest absolute Gasteiger partial charge is 0.0588 e. The van der Waals surface area contributed by atoms with Crippen LogP contribution in [-0.2, 0) is 4.74 Å². The van der Waals surface area contributed by atoms with Gasteiger partial charge in [-0.1, -0.05) is 32.6 Å². The van der Waals surface area contributed by atoms with Crippen LogP contribution in [-0.4, -0.2) is 25.3 Å². The molecule has 2 nitrogen and oxygen atoms in total. The molecule has 1 saturated heterocycles. The molecule has 1 aliphatic rings. The Morgan fingerprint density at radius 1 is 1.31 bits per heavy atom. The molecule has 0 aromatic heterocycles. The van der Waals surface area contributed by atoms with Gasteiger partial charge in [-0.05, 0) is 32.6 Å². The van der Waals surface area contributed by atoms with E-state index in [4.69, 9.17) is 4.74 Å². The predicted molar refractivity (Wildman–Crippen MR) is 69.7 cm³/mol. The van der Waals surface area contributed by atoms with Crippen molar-refractivity contribution in [1.82, 2.24) is 5.32 Å². The first-order chi connectivity index (χ1) is 7.74. The summed E-state index contributed by atoms with van der Waals surface area (Å²) in [5.41, 5.74) is 0. The summed E-state index contributed by atoms with van der Waals surface area (Å²) in [4.78, 5) is 0. The third-order valence-electron chi connectivity index (χ3n) is 3.75. The molecule has 0 saturated carbocycles. The maximum atomic E-state index is 5.57. The Bertz CT molecular complexity index is 172. The van der Waals surface area contributed by atoms with E-state index in [0.717, 1.165) is 19.1 Å². The summed E-state index contributed by atoms with van der Waals surface area (Å²) >= 11 is 0. The molecule has 0 aromatic rings. The molecule has 0 amide bonds. The Labute approximate surface area is 101 Å². The molecule has 96 valence electrons. The lowest BCUT2D eigenvalue weighted by Gasteiger charge is -2.19. The molecule has 1 N–H and O–H groups in total. The first kappa shape index (κ1) is 14.0. The second-order valence-electron chi connectivity index (χ2n) is 5.28. The maximum absolute atomic E-state index is 5.57. The normalized spacial score (nSPS) is 27.2. The van der Waals surface area contributed by atoms with Crippen LogP contribution < -0.4 is 5.32 Å². The molecule has 0 bridgehead atoms. The van der Waals surface area contributed by atoms with E-state index in [1.165, 1.54) is 38.5 Å². The minimum atomic E-state index is 0.458. The molecule has 0 aromatic carbocycles. The Kier molecular flexibility index (Phi) is 7.06. The Morgan fingerprint density at radius 2 is 2.12 bits per heavy atom. The highest BCUT2D eigenvalue weighted by Gasteiger charge is 2.23. The van der Waals surface area contributed by atoms with Crippen LogP contribution in [0, 0.1) is 5.92 Å². The minimum Gasteiger partial charge on any atom is -0.378 e. The molecule has 1 heterocycles. The second kappa shape index (κ2) is 8.08. The number of hydrogen-bond acceptors (Lipinski definition) is 2. The quantitative estimate of drug-likeness (QED) is 0.642. The maximum Gasteiger partial charge on any atom is 0.0588 e. The van der Waals surface area contributed by atoms with Gasteiger partial charge in [-0.15, -0.1) is 0 Å². The van der Waals surface area contributed by atoms with Crippen molar-refractivity contribution in [3.63, 3.8) is 0 Å². The van der Waals surface area contributed by atoms with Crippen molar-refractivity contribution in [3.05, 3.63) is 0 Å². The van der Waals surface area contributed by atoms with E-state index in [0.29, 0.717) is 12.1 Å². The molecule has 3 atom stereocenters. The third-order valence-corrected chi connectivity index (χ3v) is 3.75. The summed E-state index contributed by atoms with van der Waals surface area (Å²) in [6, 6.07) is 0.671. The number of hydrogen-bond donors (Lipinski definition) is 1. The fourth-order valence-electron chi connectivity index (χ4n) is 2.38. The zero-order valence-electron chi connectivity index (χ0n) is 11.3. The van der Waals surface area contributed by atoms with Crippen LogP contribution in [0.15, 0.2) is 0 Å². The molecule has 2 heteroatoms. The van der Waals surface area contributed by atoms with E-state index in [9.17, 15) is 0 Å². The van der Waals surface area contributed by atoms with Gasteiger partial charge in [0, 0.05) is 19.2 Å². The van der Waals surface area contributed by atoms with Gasteiger partial charge < -0.3 is 10.1 Å².